The number of aromatic nitrogens is 6. The van der Waals surface area contributed by atoms with Crippen molar-refractivity contribution in [2.75, 3.05) is 24.5 Å². The maximum Gasteiger partial charge on any atom is 0.393 e. The Hall–Kier alpha value is -3.99. The first-order chi connectivity index (χ1) is 22.6. The molecule has 2 amide bonds. The number of alkyl halides is 7. The van der Waals surface area contributed by atoms with E-state index in [9.17, 15) is 40.3 Å². The summed E-state index contributed by atoms with van der Waals surface area (Å²) in [4.78, 5) is 36.9. The van der Waals surface area contributed by atoms with Crippen molar-refractivity contribution in [1.29, 1.82) is 0 Å². The van der Waals surface area contributed by atoms with Gasteiger partial charge in [-0.2, -0.15) is 28.4 Å². The van der Waals surface area contributed by atoms with Crippen LogP contribution in [0.25, 0.3) is 5.78 Å². The average Bonchev–Trinajstić information content (AvgIpc) is 3.67. The number of rotatable bonds is 8. The van der Waals surface area contributed by atoms with Crippen LogP contribution in [0.15, 0.2) is 18.5 Å². The van der Waals surface area contributed by atoms with E-state index in [0.29, 0.717) is 6.54 Å². The molecule has 0 radical (unpaired) electrons. The first-order valence-corrected chi connectivity index (χ1v) is 16.1. The van der Waals surface area contributed by atoms with Crippen molar-refractivity contribution in [3.63, 3.8) is 0 Å². The Kier molecular flexibility index (Phi) is 9.04. The summed E-state index contributed by atoms with van der Waals surface area (Å²) in [6.07, 6.45) is -3.84. The van der Waals surface area contributed by atoms with Gasteiger partial charge in [-0.15, -0.1) is 0 Å². The summed E-state index contributed by atoms with van der Waals surface area (Å²) in [5.74, 6) is -9.95. The number of hydrogen-bond donors (Lipinski definition) is 2. The predicted molar refractivity (Wildman–Crippen MR) is 157 cm³/mol. The fraction of sp³-hybridized carbons (Fsp3) is 0.667. The lowest BCUT2D eigenvalue weighted by Gasteiger charge is -2.34. The van der Waals surface area contributed by atoms with Gasteiger partial charge in [-0.3, -0.25) is 14.3 Å². The van der Waals surface area contributed by atoms with E-state index in [2.05, 4.69) is 30.8 Å². The largest absolute Gasteiger partial charge is 0.393 e. The number of aryl methyl sites for hydroxylation is 1. The standard InChI is InChI=1S/C30H36F7N9O2/c1-2-45-22(5-10-39-45)26(48)41-23(17-3-6-28(31,32)7-4-17)21-16-46-27(40-21)42-24(44-11-8-29(33,34)9-12-44)20(43-46)14-18-13-19(30(35,36)37)15-38-25(18)47/h5,10,16-19,23H,2-4,6-9,11-15H2,1H3,(H,38,47)(H,41,48)/t18-,19-,23+/m1/s1. The minimum Gasteiger partial charge on any atom is -0.355 e. The van der Waals surface area contributed by atoms with Crippen LogP contribution in [0, 0.1) is 17.8 Å². The second-order valence-electron chi connectivity index (χ2n) is 12.9. The van der Waals surface area contributed by atoms with Crippen LogP contribution in [0.5, 0.6) is 0 Å². The second kappa shape index (κ2) is 12.8. The van der Waals surface area contributed by atoms with Crippen LogP contribution in [0.3, 0.4) is 0 Å². The highest BCUT2D eigenvalue weighted by Gasteiger charge is 2.45. The van der Waals surface area contributed by atoms with Crippen LogP contribution in [0.2, 0.25) is 0 Å². The summed E-state index contributed by atoms with van der Waals surface area (Å²) in [6, 6.07) is 0.693. The number of hydrogen-bond acceptors (Lipinski definition) is 7. The van der Waals surface area contributed by atoms with Crippen molar-refractivity contribution in [2.45, 2.75) is 88.9 Å². The quantitative estimate of drug-likeness (QED) is 0.329. The molecule has 2 saturated heterocycles. The molecular formula is C30H36F7N9O2. The van der Waals surface area contributed by atoms with Gasteiger partial charge in [0.1, 0.15) is 11.4 Å². The zero-order valence-corrected chi connectivity index (χ0v) is 26.1. The summed E-state index contributed by atoms with van der Waals surface area (Å²) in [6.45, 7) is 1.46. The third-order valence-corrected chi connectivity index (χ3v) is 9.63. The molecule has 48 heavy (non-hydrogen) atoms. The Morgan fingerprint density at radius 2 is 1.77 bits per heavy atom. The molecule has 3 atom stereocenters. The maximum absolute atomic E-state index is 14.1. The van der Waals surface area contributed by atoms with Crippen LogP contribution < -0.4 is 15.5 Å². The first-order valence-electron chi connectivity index (χ1n) is 16.1. The molecule has 0 aromatic carbocycles. The van der Waals surface area contributed by atoms with E-state index in [-0.39, 0.29) is 73.9 Å². The van der Waals surface area contributed by atoms with Gasteiger partial charge in [0.25, 0.3) is 17.6 Å². The third-order valence-electron chi connectivity index (χ3n) is 9.63. The number of amides is 2. The number of anilines is 1. The SMILES string of the molecule is CCn1nccc1C(=O)N[C@H](c1cn2nc(C[C@H]3C[C@@H](C(F)(F)F)CNC3=O)c(N3CCC(F)(F)CC3)nc2n1)C1CCC(F)(F)CC1. The summed E-state index contributed by atoms with van der Waals surface area (Å²) >= 11 is 0. The average molecular weight is 688 g/mol. The number of carbonyl (C=O) groups excluding carboxylic acids is 2. The van der Waals surface area contributed by atoms with Crippen LogP contribution in [0.4, 0.5) is 36.6 Å². The number of nitrogens with one attached hydrogen (secondary N) is 2. The lowest BCUT2D eigenvalue weighted by atomic mass is 9.81. The highest BCUT2D eigenvalue weighted by Crippen LogP contribution is 2.42. The fourth-order valence-corrected chi connectivity index (χ4v) is 6.83. The smallest absolute Gasteiger partial charge is 0.355 e. The topological polar surface area (TPSA) is 122 Å². The summed E-state index contributed by atoms with van der Waals surface area (Å²) in [5, 5.41) is 14.0. The molecule has 1 aliphatic carbocycles. The van der Waals surface area contributed by atoms with Crippen LogP contribution >= 0.6 is 0 Å². The molecule has 6 rings (SSSR count). The summed E-state index contributed by atoms with van der Waals surface area (Å²) in [5.41, 5.74) is 0.657. The second-order valence-corrected chi connectivity index (χ2v) is 12.9. The Balaban J connectivity index is 1.36. The van der Waals surface area contributed by atoms with Gasteiger partial charge in [-0.25, -0.2) is 27.1 Å². The van der Waals surface area contributed by atoms with Crippen molar-refractivity contribution >= 4 is 23.4 Å². The summed E-state index contributed by atoms with van der Waals surface area (Å²) < 4.78 is 99.9. The third kappa shape index (κ3) is 7.21. The molecule has 0 unspecified atom stereocenters. The van der Waals surface area contributed by atoms with Gasteiger partial charge in [-0.1, -0.05) is 0 Å². The molecule has 1 saturated carbocycles. The molecular weight excluding hydrogens is 651 g/mol. The normalized spacial score (nSPS) is 24.0. The zero-order chi connectivity index (χ0) is 34.4. The molecule has 2 N–H and O–H groups in total. The van der Waals surface area contributed by atoms with Crippen molar-refractivity contribution in [3.8, 4) is 0 Å². The number of imidazole rings is 1. The predicted octanol–water partition coefficient (Wildman–Crippen LogP) is 4.73. The molecule has 3 fully saturated rings. The minimum absolute atomic E-state index is 0.0151. The van der Waals surface area contributed by atoms with Crippen molar-refractivity contribution in [3.05, 3.63) is 35.5 Å². The molecule has 0 spiro atoms. The van der Waals surface area contributed by atoms with E-state index < -0.39 is 79.4 Å². The maximum atomic E-state index is 14.1. The van der Waals surface area contributed by atoms with Crippen molar-refractivity contribution < 1.29 is 40.3 Å². The number of nitrogens with zero attached hydrogens (tertiary/aromatic N) is 7. The fourth-order valence-electron chi connectivity index (χ4n) is 6.83. The van der Waals surface area contributed by atoms with Crippen LogP contribution in [-0.4, -0.2) is 78.8 Å². The van der Waals surface area contributed by atoms with E-state index in [0.717, 1.165) is 0 Å². The van der Waals surface area contributed by atoms with Gasteiger partial charge in [0.15, 0.2) is 5.82 Å². The van der Waals surface area contributed by atoms with Crippen LogP contribution in [-0.2, 0) is 17.8 Å². The first kappa shape index (κ1) is 33.9. The molecule has 11 nitrogen and oxygen atoms in total. The van der Waals surface area contributed by atoms with E-state index in [4.69, 9.17) is 0 Å². The Labute approximate surface area is 270 Å². The monoisotopic (exact) mass is 687 g/mol. The van der Waals surface area contributed by atoms with E-state index >= 15 is 0 Å². The Bertz CT molecular complexity index is 1640. The molecule has 3 aromatic rings. The van der Waals surface area contributed by atoms with Crippen molar-refractivity contribution in [2.24, 2.45) is 17.8 Å². The molecule has 3 aromatic heterocycles. The number of piperidine rings is 2. The lowest BCUT2D eigenvalue weighted by molar-refractivity contribution is -0.183. The number of fused-ring (bicyclic) bond motifs is 1. The van der Waals surface area contributed by atoms with Gasteiger partial charge in [-0.05, 0) is 38.2 Å². The molecule has 3 aliphatic rings. The van der Waals surface area contributed by atoms with Gasteiger partial charge in [0.2, 0.25) is 11.8 Å². The lowest BCUT2D eigenvalue weighted by Crippen LogP contribution is -2.47. The summed E-state index contributed by atoms with van der Waals surface area (Å²) in [7, 11) is 0. The van der Waals surface area contributed by atoms with Gasteiger partial charge in [0, 0.05) is 70.4 Å². The highest BCUT2D eigenvalue weighted by atomic mass is 19.4. The molecule has 262 valence electrons. The van der Waals surface area contributed by atoms with E-state index in [1.54, 1.807) is 4.90 Å². The number of halogens is 7. The Morgan fingerprint density at radius 1 is 1.08 bits per heavy atom. The minimum atomic E-state index is -4.53. The molecule has 5 heterocycles. The van der Waals surface area contributed by atoms with Crippen molar-refractivity contribution in [1.82, 2.24) is 40.0 Å². The molecule has 2 aliphatic heterocycles. The van der Waals surface area contributed by atoms with E-state index in [1.807, 2.05) is 6.92 Å². The van der Waals surface area contributed by atoms with Crippen LogP contribution in [0.1, 0.15) is 79.8 Å². The van der Waals surface area contributed by atoms with E-state index in [1.165, 1.54) is 27.7 Å². The molecule has 0 bridgehead atoms. The van der Waals surface area contributed by atoms with Gasteiger partial charge in [0.05, 0.1) is 23.9 Å². The highest BCUT2D eigenvalue weighted by molar-refractivity contribution is 5.92. The van der Waals surface area contributed by atoms with Gasteiger partial charge < -0.3 is 15.5 Å². The van der Waals surface area contributed by atoms with Gasteiger partial charge >= 0.3 is 6.18 Å². The Morgan fingerprint density at radius 3 is 2.44 bits per heavy atom. The zero-order valence-electron chi connectivity index (χ0n) is 26.1. The number of carbonyl (C=O) groups is 2. The molecule has 18 heteroatoms.